The maximum absolute atomic E-state index is 11.6. The van der Waals surface area contributed by atoms with Crippen molar-refractivity contribution in [1.29, 1.82) is 0 Å². The van der Waals surface area contributed by atoms with Gasteiger partial charge in [-0.3, -0.25) is 4.18 Å². The van der Waals surface area contributed by atoms with E-state index in [1.165, 1.54) is 12.1 Å². The summed E-state index contributed by atoms with van der Waals surface area (Å²) in [6.07, 6.45) is 0. The zero-order valence-electron chi connectivity index (χ0n) is 12.0. The maximum Gasteiger partial charge on any atom is 0.297 e. The molecule has 0 saturated carbocycles. The van der Waals surface area contributed by atoms with Crippen LogP contribution in [0.3, 0.4) is 0 Å². The standard InChI is InChI=1S/C11H16O5S.C2H6O/c1-10-2-4-11(5-3-10)17(13,14)16-9-8-15-7-6-12;1-3-2/h2-5,12H,6-9H2,1H3;1-2H3. The second kappa shape index (κ2) is 10.8. The first-order valence-corrected chi connectivity index (χ1v) is 7.43. The number of methoxy groups -OCH3 is 1. The van der Waals surface area contributed by atoms with E-state index >= 15 is 0 Å². The van der Waals surface area contributed by atoms with Crippen LogP contribution >= 0.6 is 0 Å². The number of ether oxygens (including phenoxy) is 2. The lowest BCUT2D eigenvalue weighted by atomic mass is 10.2. The Hall–Kier alpha value is -0.990. The van der Waals surface area contributed by atoms with Gasteiger partial charge in [0, 0.05) is 14.2 Å². The molecule has 7 heteroatoms. The van der Waals surface area contributed by atoms with Gasteiger partial charge in [0.1, 0.15) is 0 Å². The summed E-state index contributed by atoms with van der Waals surface area (Å²) in [6, 6.07) is 6.41. The molecule has 0 aliphatic heterocycles. The average Bonchev–Trinajstić information content (AvgIpc) is 2.40. The molecule has 116 valence electrons. The van der Waals surface area contributed by atoms with E-state index in [9.17, 15) is 8.42 Å². The first kappa shape index (κ1) is 19.0. The number of benzene rings is 1. The highest BCUT2D eigenvalue weighted by atomic mass is 32.2. The number of aliphatic hydroxyl groups is 1. The van der Waals surface area contributed by atoms with Gasteiger partial charge in [-0.15, -0.1) is 0 Å². The smallest absolute Gasteiger partial charge is 0.297 e. The van der Waals surface area contributed by atoms with Gasteiger partial charge in [-0.1, -0.05) is 17.7 Å². The Bertz CT molecular complexity index is 440. The molecule has 0 fully saturated rings. The molecule has 1 aromatic carbocycles. The zero-order valence-corrected chi connectivity index (χ0v) is 12.9. The fourth-order valence-electron chi connectivity index (χ4n) is 1.14. The number of hydrogen-bond acceptors (Lipinski definition) is 6. The Kier molecular flexibility index (Phi) is 10.2. The Morgan fingerprint density at radius 1 is 1.05 bits per heavy atom. The van der Waals surface area contributed by atoms with Crippen LogP contribution in [0.1, 0.15) is 5.56 Å². The van der Waals surface area contributed by atoms with E-state index in [0.29, 0.717) is 0 Å². The highest BCUT2D eigenvalue weighted by Gasteiger charge is 2.14. The predicted molar refractivity (Wildman–Crippen MR) is 75.2 cm³/mol. The molecule has 0 unspecified atom stereocenters. The molecule has 0 heterocycles. The molecule has 0 aliphatic carbocycles. The quantitative estimate of drug-likeness (QED) is 0.597. The second-order valence-corrected chi connectivity index (χ2v) is 5.45. The molecule has 0 saturated heterocycles. The average molecular weight is 306 g/mol. The third kappa shape index (κ3) is 8.23. The molecule has 0 aliphatic rings. The van der Waals surface area contributed by atoms with Crippen LogP contribution in [-0.2, 0) is 23.8 Å². The van der Waals surface area contributed by atoms with E-state index in [0.717, 1.165) is 5.56 Å². The van der Waals surface area contributed by atoms with Crippen molar-refractivity contribution in [3.63, 3.8) is 0 Å². The van der Waals surface area contributed by atoms with Crippen molar-refractivity contribution in [2.75, 3.05) is 40.6 Å². The molecule has 20 heavy (non-hydrogen) atoms. The van der Waals surface area contributed by atoms with E-state index in [2.05, 4.69) is 4.74 Å². The molecule has 0 aromatic heterocycles. The van der Waals surface area contributed by atoms with Gasteiger partial charge in [-0.25, -0.2) is 0 Å². The van der Waals surface area contributed by atoms with E-state index in [-0.39, 0.29) is 31.3 Å². The van der Waals surface area contributed by atoms with Crippen molar-refractivity contribution < 1.29 is 27.2 Å². The number of aliphatic hydroxyl groups excluding tert-OH is 1. The summed E-state index contributed by atoms with van der Waals surface area (Å²) in [5.41, 5.74) is 0.982. The third-order valence-electron chi connectivity index (χ3n) is 2.01. The van der Waals surface area contributed by atoms with Gasteiger partial charge < -0.3 is 14.6 Å². The van der Waals surface area contributed by atoms with Gasteiger partial charge in [0.2, 0.25) is 0 Å². The highest BCUT2D eigenvalue weighted by Crippen LogP contribution is 2.12. The van der Waals surface area contributed by atoms with Gasteiger partial charge in [0.05, 0.1) is 31.3 Å². The molecule has 1 N–H and O–H groups in total. The third-order valence-corrected chi connectivity index (χ3v) is 3.34. The van der Waals surface area contributed by atoms with Crippen molar-refractivity contribution in [2.24, 2.45) is 0 Å². The van der Waals surface area contributed by atoms with Gasteiger partial charge in [-0.05, 0) is 19.1 Å². The van der Waals surface area contributed by atoms with E-state index in [1.54, 1.807) is 26.4 Å². The predicted octanol–water partition coefficient (Wildman–Crippen LogP) is 0.972. The zero-order chi connectivity index (χ0) is 15.4. The molecular formula is C13H22O6S. The molecule has 0 spiro atoms. The molecule has 0 radical (unpaired) electrons. The monoisotopic (exact) mass is 306 g/mol. The van der Waals surface area contributed by atoms with Crippen molar-refractivity contribution in [1.82, 2.24) is 0 Å². The van der Waals surface area contributed by atoms with Crippen LogP contribution in [-0.4, -0.2) is 54.2 Å². The normalized spacial score (nSPS) is 10.8. The molecule has 0 amide bonds. The largest absolute Gasteiger partial charge is 0.394 e. The topological polar surface area (TPSA) is 82.1 Å². The second-order valence-electron chi connectivity index (χ2n) is 3.83. The van der Waals surface area contributed by atoms with Crippen molar-refractivity contribution in [2.45, 2.75) is 11.8 Å². The van der Waals surface area contributed by atoms with E-state index in [1.807, 2.05) is 6.92 Å². The Morgan fingerprint density at radius 2 is 1.60 bits per heavy atom. The van der Waals surface area contributed by atoms with Crippen molar-refractivity contribution in [3.8, 4) is 0 Å². The molecule has 0 bridgehead atoms. The van der Waals surface area contributed by atoms with Gasteiger partial charge in [-0.2, -0.15) is 8.42 Å². The summed E-state index contributed by atoms with van der Waals surface area (Å²) in [6.45, 7) is 2.03. The fraction of sp³-hybridized carbons (Fsp3) is 0.538. The van der Waals surface area contributed by atoms with Crippen molar-refractivity contribution in [3.05, 3.63) is 29.8 Å². The molecule has 0 atom stereocenters. The summed E-state index contributed by atoms with van der Waals surface area (Å²) in [7, 11) is -0.457. The lowest BCUT2D eigenvalue weighted by molar-refractivity contribution is 0.0719. The van der Waals surface area contributed by atoms with Crippen LogP contribution < -0.4 is 0 Å². The Morgan fingerprint density at radius 3 is 2.10 bits per heavy atom. The van der Waals surface area contributed by atoms with Crippen LogP contribution in [0.25, 0.3) is 0 Å². The van der Waals surface area contributed by atoms with Crippen LogP contribution in [0.5, 0.6) is 0 Å². The summed E-state index contributed by atoms with van der Waals surface area (Å²) >= 11 is 0. The molecule has 6 nitrogen and oxygen atoms in total. The molecule has 1 rings (SSSR count). The number of rotatable bonds is 7. The SMILES string of the molecule is COC.Cc1ccc(S(=O)(=O)OCCOCCO)cc1. The first-order chi connectivity index (χ1) is 9.47. The van der Waals surface area contributed by atoms with Crippen LogP contribution in [0.2, 0.25) is 0 Å². The minimum atomic E-state index is -3.71. The van der Waals surface area contributed by atoms with E-state index < -0.39 is 10.1 Å². The summed E-state index contributed by atoms with van der Waals surface area (Å²) in [5, 5.41) is 8.45. The van der Waals surface area contributed by atoms with Gasteiger partial charge in [0.25, 0.3) is 10.1 Å². The van der Waals surface area contributed by atoms with Crippen LogP contribution in [0.15, 0.2) is 29.2 Å². The maximum atomic E-state index is 11.6. The lowest BCUT2D eigenvalue weighted by Crippen LogP contribution is -2.12. The van der Waals surface area contributed by atoms with Crippen LogP contribution in [0, 0.1) is 6.92 Å². The molecular weight excluding hydrogens is 284 g/mol. The van der Waals surface area contributed by atoms with E-state index in [4.69, 9.17) is 14.0 Å². The van der Waals surface area contributed by atoms with Crippen LogP contribution in [0.4, 0.5) is 0 Å². The highest BCUT2D eigenvalue weighted by molar-refractivity contribution is 7.86. The Labute approximate surface area is 120 Å². The minimum Gasteiger partial charge on any atom is -0.394 e. The Balaban J connectivity index is 0.00000110. The summed E-state index contributed by atoms with van der Waals surface area (Å²) in [5.74, 6) is 0. The first-order valence-electron chi connectivity index (χ1n) is 6.02. The van der Waals surface area contributed by atoms with Gasteiger partial charge in [0.15, 0.2) is 0 Å². The van der Waals surface area contributed by atoms with Gasteiger partial charge >= 0.3 is 0 Å². The minimum absolute atomic E-state index is 0.0593. The summed E-state index contributed by atoms with van der Waals surface area (Å²) < 4.78 is 37.2. The fourth-order valence-corrected chi connectivity index (χ4v) is 2.04. The number of hydrogen-bond donors (Lipinski definition) is 1. The summed E-state index contributed by atoms with van der Waals surface area (Å²) in [4.78, 5) is 0.130. The van der Waals surface area contributed by atoms with Crippen molar-refractivity contribution >= 4 is 10.1 Å². The molecule has 1 aromatic rings. The number of aryl methyl sites for hydroxylation is 1. The lowest BCUT2D eigenvalue weighted by Gasteiger charge is -2.06.